The lowest BCUT2D eigenvalue weighted by atomic mass is 9.43. The summed E-state index contributed by atoms with van der Waals surface area (Å²) in [5.41, 5.74) is 22.9. The van der Waals surface area contributed by atoms with Crippen LogP contribution in [0.25, 0.3) is 83.1 Å². The fourth-order valence-corrected chi connectivity index (χ4v) is 15.0. The number of benzene rings is 10. The van der Waals surface area contributed by atoms with E-state index >= 15 is 0 Å². The van der Waals surface area contributed by atoms with Gasteiger partial charge in [-0.25, -0.2) is 0 Å². The molecule has 0 N–H and O–H groups in total. The van der Waals surface area contributed by atoms with Crippen LogP contribution in [0, 0.1) is 23.7 Å². The highest BCUT2D eigenvalue weighted by molar-refractivity contribution is 6.10. The van der Waals surface area contributed by atoms with Crippen LogP contribution in [0.15, 0.2) is 243 Å². The Balaban J connectivity index is 0.906. The molecule has 1 aromatic heterocycles. The molecule has 11 aromatic rings. The minimum absolute atomic E-state index is 0.112. The topological polar surface area (TPSA) is 8.17 Å². The van der Waals surface area contributed by atoms with Crippen molar-refractivity contribution >= 4 is 38.9 Å². The smallest absolute Gasteiger partial charge is 0.0547 e. The largest absolute Gasteiger partial charge is 0.310 e. The first-order chi connectivity index (χ1) is 35.7. The molecule has 16 rings (SSSR count). The van der Waals surface area contributed by atoms with Gasteiger partial charge in [-0.2, -0.15) is 0 Å². The third-order valence-corrected chi connectivity index (χ3v) is 17.6. The molecule has 72 heavy (non-hydrogen) atoms. The Labute approximate surface area is 422 Å². The monoisotopic (exact) mass is 922 g/mol. The lowest BCUT2D eigenvalue weighted by Gasteiger charge is -2.61. The van der Waals surface area contributed by atoms with Gasteiger partial charge in [-0.05, 0) is 172 Å². The molecule has 4 bridgehead atoms. The fraction of sp³-hybridized carbons (Fsp3) is 0.143. The van der Waals surface area contributed by atoms with Gasteiger partial charge in [0.15, 0.2) is 0 Å². The molecule has 1 heterocycles. The molecule has 5 aliphatic carbocycles. The normalized spacial score (nSPS) is 20.3. The van der Waals surface area contributed by atoms with Crippen LogP contribution in [-0.4, -0.2) is 4.57 Å². The van der Waals surface area contributed by atoms with Crippen LogP contribution in [0.4, 0.5) is 17.1 Å². The standard InChI is InChI=1S/C70H54N2/c1-3-17-49(18-4-1)56-21-7-8-22-57(56)58-23-9-10-24-59(58)61-26-12-15-29-67(61)71(55-36-38-66-64(45-55)60-25-11-14-28-65(60)70(66)51-40-46-39-47(42-51)43-52(70)41-46)54-34-31-48(32-35-54)50-33-37-63-62-27-13-16-30-68(62)72(69(63)44-50)53-19-5-2-6-20-53/h1-38,44-47,51-52H,39-43H2. The zero-order valence-electron chi connectivity index (χ0n) is 40.3. The van der Waals surface area contributed by atoms with Gasteiger partial charge in [0.2, 0.25) is 0 Å². The summed E-state index contributed by atoms with van der Waals surface area (Å²) >= 11 is 0. The maximum absolute atomic E-state index is 2.57. The van der Waals surface area contributed by atoms with Crippen LogP contribution in [-0.2, 0) is 5.41 Å². The Bertz CT molecular complexity index is 3850. The Morgan fingerprint density at radius 2 is 0.861 bits per heavy atom. The summed E-state index contributed by atoms with van der Waals surface area (Å²) in [7, 11) is 0. The van der Waals surface area contributed by atoms with E-state index in [2.05, 4.69) is 252 Å². The molecule has 2 heteroatoms. The van der Waals surface area contributed by atoms with Gasteiger partial charge >= 0.3 is 0 Å². The number of para-hydroxylation sites is 3. The van der Waals surface area contributed by atoms with Gasteiger partial charge in [-0.1, -0.05) is 188 Å². The van der Waals surface area contributed by atoms with E-state index in [9.17, 15) is 0 Å². The second-order valence-corrected chi connectivity index (χ2v) is 21.2. The summed E-state index contributed by atoms with van der Waals surface area (Å²) in [4.78, 5) is 2.54. The number of hydrogen-bond donors (Lipinski definition) is 0. The molecule has 4 saturated carbocycles. The zero-order valence-corrected chi connectivity index (χ0v) is 40.3. The van der Waals surface area contributed by atoms with Crippen molar-refractivity contribution in [2.75, 3.05) is 4.90 Å². The van der Waals surface area contributed by atoms with Crippen LogP contribution < -0.4 is 4.90 Å². The highest BCUT2D eigenvalue weighted by atomic mass is 15.1. The first kappa shape index (κ1) is 41.6. The SMILES string of the molecule is c1ccc(-c2ccccc2-c2ccccc2-c2ccccc2N(c2ccc(-c3ccc4c5ccccc5n(-c5ccccc5)c4c3)cc2)c2ccc3c(c2)-c2ccccc2C32C3CC4CC(C3)CC2C4)cc1. The molecule has 1 spiro atoms. The molecule has 10 aromatic carbocycles. The second-order valence-electron chi connectivity index (χ2n) is 21.2. The molecule has 0 aliphatic heterocycles. The van der Waals surface area contributed by atoms with Crippen molar-refractivity contribution in [1.82, 2.24) is 4.57 Å². The molecule has 0 atom stereocenters. The first-order valence-corrected chi connectivity index (χ1v) is 26.3. The summed E-state index contributed by atoms with van der Waals surface area (Å²) < 4.78 is 2.41. The van der Waals surface area contributed by atoms with Crippen molar-refractivity contribution in [3.8, 4) is 61.3 Å². The van der Waals surface area contributed by atoms with Gasteiger partial charge in [0.1, 0.15) is 0 Å². The maximum atomic E-state index is 2.57. The minimum atomic E-state index is 0.112. The van der Waals surface area contributed by atoms with Gasteiger partial charge in [-0.15, -0.1) is 0 Å². The highest BCUT2D eigenvalue weighted by Crippen LogP contribution is 2.69. The number of hydrogen-bond acceptors (Lipinski definition) is 1. The molecule has 0 amide bonds. The molecule has 2 nitrogen and oxygen atoms in total. The van der Waals surface area contributed by atoms with Crippen LogP contribution >= 0.6 is 0 Å². The third-order valence-electron chi connectivity index (χ3n) is 17.6. The van der Waals surface area contributed by atoms with Crippen LogP contribution in [0.1, 0.15) is 43.2 Å². The van der Waals surface area contributed by atoms with E-state index in [1.54, 1.807) is 11.1 Å². The van der Waals surface area contributed by atoms with Gasteiger partial charge in [0, 0.05) is 38.8 Å². The van der Waals surface area contributed by atoms with E-state index < -0.39 is 0 Å². The molecular weight excluding hydrogens is 869 g/mol. The third kappa shape index (κ3) is 6.28. The van der Waals surface area contributed by atoms with Gasteiger partial charge in [-0.3, -0.25) is 0 Å². The number of fused-ring (bicyclic) bond motifs is 6. The van der Waals surface area contributed by atoms with Gasteiger partial charge in [0.25, 0.3) is 0 Å². The Morgan fingerprint density at radius 1 is 0.333 bits per heavy atom. The van der Waals surface area contributed by atoms with Crippen molar-refractivity contribution in [2.45, 2.75) is 37.5 Å². The summed E-state index contributed by atoms with van der Waals surface area (Å²) in [5.74, 6) is 3.24. The molecule has 0 radical (unpaired) electrons. The fourth-order valence-electron chi connectivity index (χ4n) is 15.0. The van der Waals surface area contributed by atoms with E-state index in [4.69, 9.17) is 0 Å². The average molecular weight is 923 g/mol. The van der Waals surface area contributed by atoms with Crippen LogP contribution in [0.3, 0.4) is 0 Å². The molecule has 4 fully saturated rings. The predicted octanol–water partition coefficient (Wildman–Crippen LogP) is 18.6. The summed E-state index contributed by atoms with van der Waals surface area (Å²) in [6.07, 6.45) is 6.97. The minimum Gasteiger partial charge on any atom is -0.310 e. The summed E-state index contributed by atoms with van der Waals surface area (Å²) in [6.45, 7) is 0. The van der Waals surface area contributed by atoms with Crippen molar-refractivity contribution in [2.24, 2.45) is 23.7 Å². The quantitative estimate of drug-likeness (QED) is 0.147. The lowest BCUT2D eigenvalue weighted by Crippen LogP contribution is -2.55. The molecule has 344 valence electrons. The van der Waals surface area contributed by atoms with Crippen molar-refractivity contribution in [3.63, 3.8) is 0 Å². The van der Waals surface area contributed by atoms with Crippen LogP contribution in [0.2, 0.25) is 0 Å². The second kappa shape index (κ2) is 16.4. The Kier molecular flexibility index (Phi) is 9.49. The lowest BCUT2D eigenvalue weighted by molar-refractivity contribution is -0.0399. The van der Waals surface area contributed by atoms with E-state index in [0.717, 1.165) is 35.0 Å². The molecular formula is C70H54N2. The number of rotatable bonds is 8. The number of nitrogens with zero attached hydrogens (tertiary/aromatic N) is 2. The van der Waals surface area contributed by atoms with E-state index in [0.29, 0.717) is 0 Å². The Hall–Kier alpha value is -8.20. The van der Waals surface area contributed by atoms with E-state index in [1.165, 1.54) is 121 Å². The highest BCUT2D eigenvalue weighted by Gasteiger charge is 2.61. The zero-order chi connectivity index (χ0) is 47.3. The number of anilines is 3. The van der Waals surface area contributed by atoms with Gasteiger partial charge < -0.3 is 9.47 Å². The molecule has 5 aliphatic rings. The van der Waals surface area contributed by atoms with Crippen molar-refractivity contribution in [3.05, 3.63) is 254 Å². The Morgan fingerprint density at radius 3 is 1.60 bits per heavy atom. The molecule has 0 saturated heterocycles. The van der Waals surface area contributed by atoms with Crippen molar-refractivity contribution in [1.29, 1.82) is 0 Å². The summed E-state index contributed by atoms with van der Waals surface area (Å²) in [6, 6.07) is 90.8. The first-order valence-electron chi connectivity index (χ1n) is 26.3. The summed E-state index contributed by atoms with van der Waals surface area (Å²) in [5, 5.41) is 2.53. The van der Waals surface area contributed by atoms with E-state index in [-0.39, 0.29) is 5.41 Å². The molecule has 0 unspecified atom stereocenters. The van der Waals surface area contributed by atoms with Crippen molar-refractivity contribution < 1.29 is 0 Å². The van der Waals surface area contributed by atoms with E-state index in [1.807, 2.05) is 0 Å². The van der Waals surface area contributed by atoms with Gasteiger partial charge in [0.05, 0.1) is 16.7 Å². The maximum Gasteiger partial charge on any atom is 0.0547 e. The van der Waals surface area contributed by atoms with Crippen LogP contribution in [0.5, 0.6) is 0 Å². The predicted molar refractivity (Wildman–Crippen MR) is 300 cm³/mol. The number of aromatic nitrogens is 1. The average Bonchev–Trinajstić information content (AvgIpc) is 3.93.